The van der Waals surface area contributed by atoms with E-state index >= 15 is 0 Å². The fourth-order valence-electron chi connectivity index (χ4n) is 1.95. The van der Waals surface area contributed by atoms with Gasteiger partial charge in [-0.15, -0.1) is 0 Å². The highest BCUT2D eigenvalue weighted by molar-refractivity contribution is 9.10. The van der Waals surface area contributed by atoms with Crippen LogP contribution < -0.4 is 10.6 Å². The smallest absolute Gasteiger partial charge is 0.338 e. The lowest BCUT2D eigenvalue weighted by Gasteiger charge is -2.06. The molecule has 0 atom stereocenters. The minimum Gasteiger partial charge on any atom is -0.462 e. The van der Waals surface area contributed by atoms with Crippen molar-refractivity contribution in [3.05, 3.63) is 70.3 Å². The number of benzene rings is 2. The number of anilines is 2. The molecule has 2 rings (SSSR count). The minimum atomic E-state index is -0.523. The van der Waals surface area contributed by atoms with Crippen molar-refractivity contribution in [3.63, 3.8) is 0 Å². The van der Waals surface area contributed by atoms with Gasteiger partial charge in [-0.25, -0.2) is 4.79 Å². The lowest BCUT2D eigenvalue weighted by atomic mass is 10.2. The Morgan fingerprint density at radius 1 is 1.12 bits per heavy atom. The number of nitrogens with zero attached hydrogens (tertiary/aromatic N) is 1. The normalized spacial score (nSPS) is 10.6. The van der Waals surface area contributed by atoms with Crippen molar-refractivity contribution < 1.29 is 14.3 Å². The largest absolute Gasteiger partial charge is 0.462 e. The first-order valence-electron chi connectivity index (χ1n) is 7.74. The third kappa shape index (κ3) is 5.46. The second-order valence-corrected chi connectivity index (χ2v) is 5.99. The van der Waals surface area contributed by atoms with E-state index in [1.807, 2.05) is 6.07 Å². The summed E-state index contributed by atoms with van der Waals surface area (Å²) in [5.41, 5.74) is 1.55. The molecule has 0 aliphatic rings. The van der Waals surface area contributed by atoms with Gasteiger partial charge in [0.05, 0.1) is 12.2 Å². The Morgan fingerprint density at radius 2 is 1.73 bits per heavy atom. The maximum atomic E-state index is 12.2. The molecule has 2 aromatic rings. The van der Waals surface area contributed by atoms with E-state index in [1.54, 1.807) is 55.5 Å². The number of esters is 1. The highest BCUT2D eigenvalue weighted by atomic mass is 79.9. The quantitative estimate of drug-likeness (QED) is 0.422. The number of carbonyl (C=O) groups excluding carboxylic acids is 2. The molecule has 1 amide bonds. The zero-order valence-electron chi connectivity index (χ0n) is 14.0. The SMILES string of the molecule is CCOC(=O)c1ccc(N/C=C(/C#N)C(=O)Nc2ccc(Br)cc2)cc1. The van der Waals surface area contributed by atoms with Crippen LogP contribution >= 0.6 is 15.9 Å². The lowest BCUT2D eigenvalue weighted by Crippen LogP contribution is -2.14. The van der Waals surface area contributed by atoms with Gasteiger partial charge < -0.3 is 15.4 Å². The van der Waals surface area contributed by atoms with Crippen LogP contribution in [-0.4, -0.2) is 18.5 Å². The van der Waals surface area contributed by atoms with Crippen LogP contribution in [0.3, 0.4) is 0 Å². The molecule has 0 bridgehead atoms. The molecule has 0 radical (unpaired) electrons. The molecule has 0 spiro atoms. The van der Waals surface area contributed by atoms with E-state index in [4.69, 9.17) is 4.74 Å². The number of amides is 1. The summed E-state index contributed by atoms with van der Waals surface area (Å²) in [7, 11) is 0. The van der Waals surface area contributed by atoms with Crippen LogP contribution in [0, 0.1) is 11.3 Å². The van der Waals surface area contributed by atoms with Gasteiger partial charge in [0, 0.05) is 22.0 Å². The van der Waals surface area contributed by atoms with Gasteiger partial charge in [-0.05, 0) is 55.5 Å². The second kappa shape index (κ2) is 9.39. The molecule has 7 heteroatoms. The standard InChI is InChI=1S/C19H16BrN3O3/c1-2-26-19(25)13-3-7-16(8-4-13)22-12-14(11-21)18(24)23-17-9-5-15(20)6-10-17/h3-10,12,22H,2H2,1H3,(H,23,24)/b14-12-. The Labute approximate surface area is 159 Å². The van der Waals surface area contributed by atoms with Crippen LogP contribution in [-0.2, 0) is 9.53 Å². The lowest BCUT2D eigenvalue weighted by molar-refractivity contribution is -0.112. The van der Waals surface area contributed by atoms with Gasteiger partial charge >= 0.3 is 5.97 Å². The molecule has 0 fully saturated rings. The Bertz CT molecular complexity index is 853. The monoisotopic (exact) mass is 413 g/mol. The maximum Gasteiger partial charge on any atom is 0.338 e. The minimum absolute atomic E-state index is 0.0811. The topological polar surface area (TPSA) is 91.2 Å². The van der Waals surface area contributed by atoms with Crippen LogP contribution in [0.4, 0.5) is 11.4 Å². The number of rotatable bonds is 6. The van der Waals surface area contributed by atoms with Crippen molar-refractivity contribution in [2.24, 2.45) is 0 Å². The Hall–Kier alpha value is -3.11. The average molecular weight is 414 g/mol. The molecule has 0 heterocycles. The summed E-state index contributed by atoms with van der Waals surface area (Å²) in [6, 6.07) is 15.4. The predicted molar refractivity (Wildman–Crippen MR) is 102 cm³/mol. The van der Waals surface area contributed by atoms with Gasteiger partial charge in [-0.2, -0.15) is 5.26 Å². The van der Waals surface area contributed by atoms with Crippen molar-refractivity contribution in [3.8, 4) is 6.07 Å². The number of hydrogen-bond acceptors (Lipinski definition) is 5. The number of nitriles is 1. The molecule has 2 aromatic carbocycles. The second-order valence-electron chi connectivity index (χ2n) is 5.07. The van der Waals surface area contributed by atoms with Gasteiger partial charge in [0.15, 0.2) is 0 Å². The fourth-order valence-corrected chi connectivity index (χ4v) is 2.22. The molecule has 132 valence electrons. The van der Waals surface area contributed by atoms with Gasteiger partial charge in [0.1, 0.15) is 11.6 Å². The Morgan fingerprint density at radius 3 is 2.31 bits per heavy atom. The molecular formula is C19H16BrN3O3. The maximum absolute atomic E-state index is 12.2. The number of halogens is 1. The van der Waals surface area contributed by atoms with Crippen LogP contribution in [0.15, 0.2) is 64.8 Å². The molecule has 6 nitrogen and oxygen atoms in total. The van der Waals surface area contributed by atoms with Crippen LogP contribution in [0.2, 0.25) is 0 Å². The van der Waals surface area contributed by atoms with Gasteiger partial charge in [-0.3, -0.25) is 4.79 Å². The molecule has 0 saturated heterocycles. The summed E-state index contributed by atoms with van der Waals surface area (Å²) in [6.07, 6.45) is 1.31. The first-order chi connectivity index (χ1) is 12.5. The summed E-state index contributed by atoms with van der Waals surface area (Å²) in [4.78, 5) is 23.7. The molecule has 0 aliphatic carbocycles. The van der Waals surface area contributed by atoms with Gasteiger partial charge in [0.2, 0.25) is 0 Å². The Balaban J connectivity index is 2.02. The molecular weight excluding hydrogens is 398 g/mol. The van der Waals surface area contributed by atoms with E-state index in [9.17, 15) is 14.9 Å². The molecule has 2 N–H and O–H groups in total. The van der Waals surface area contributed by atoms with E-state index < -0.39 is 11.9 Å². The molecule has 0 unspecified atom stereocenters. The van der Waals surface area contributed by atoms with E-state index in [1.165, 1.54) is 6.20 Å². The summed E-state index contributed by atoms with van der Waals surface area (Å²) < 4.78 is 5.80. The van der Waals surface area contributed by atoms with E-state index in [0.29, 0.717) is 23.5 Å². The van der Waals surface area contributed by atoms with E-state index in [-0.39, 0.29) is 5.57 Å². The number of ether oxygens (including phenoxy) is 1. The number of hydrogen-bond donors (Lipinski definition) is 2. The van der Waals surface area contributed by atoms with Crippen LogP contribution in [0.25, 0.3) is 0 Å². The molecule has 0 saturated carbocycles. The zero-order chi connectivity index (χ0) is 18.9. The van der Waals surface area contributed by atoms with Crippen molar-refractivity contribution in [1.29, 1.82) is 5.26 Å². The summed E-state index contributed by atoms with van der Waals surface area (Å²) in [5.74, 6) is -0.924. The highest BCUT2D eigenvalue weighted by Crippen LogP contribution is 2.15. The number of nitrogens with one attached hydrogen (secondary N) is 2. The zero-order valence-corrected chi connectivity index (χ0v) is 15.5. The summed E-state index contributed by atoms with van der Waals surface area (Å²) >= 11 is 3.31. The third-order valence-corrected chi connectivity index (χ3v) is 3.78. The number of carbonyl (C=O) groups is 2. The summed E-state index contributed by atoms with van der Waals surface area (Å²) in [6.45, 7) is 2.04. The van der Waals surface area contributed by atoms with Crippen LogP contribution in [0.1, 0.15) is 17.3 Å². The van der Waals surface area contributed by atoms with E-state index in [2.05, 4.69) is 26.6 Å². The van der Waals surface area contributed by atoms with Crippen molar-refractivity contribution in [1.82, 2.24) is 0 Å². The molecule has 0 aromatic heterocycles. The van der Waals surface area contributed by atoms with Crippen molar-refractivity contribution >= 4 is 39.2 Å². The van der Waals surface area contributed by atoms with Crippen LogP contribution in [0.5, 0.6) is 0 Å². The third-order valence-electron chi connectivity index (χ3n) is 3.25. The van der Waals surface area contributed by atoms with Gasteiger partial charge in [0.25, 0.3) is 5.91 Å². The first kappa shape index (κ1) is 19.2. The fraction of sp³-hybridized carbons (Fsp3) is 0.105. The van der Waals surface area contributed by atoms with Gasteiger partial charge in [-0.1, -0.05) is 15.9 Å². The van der Waals surface area contributed by atoms with E-state index in [0.717, 1.165) is 4.47 Å². The molecule has 26 heavy (non-hydrogen) atoms. The highest BCUT2D eigenvalue weighted by Gasteiger charge is 2.10. The average Bonchev–Trinajstić information content (AvgIpc) is 2.65. The molecule has 0 aliphatic heterocycles. The first-order valence-corrected chi connectivity index (χ1v) is 8.53. The predicted octanol–water partition coefficient (Wildman–Crippen LogP) is 4.08. The Kier molecular flexibility index (Phi) is 6.94. The summed E-state index contributed by atoms with van der Waals surface area (Å²) in [5, 5.41) is 14.7. The van der Waals surface area contributed by atoms with Crippen molar-refractivity contribution in [2.75, 3.05) is 17.2 Å². The van der Waals surface area contributed by atoms with Crippen molar-refractivity contribution in [2.45, 2.75) is 6.92 Å².